The lowest BCUT2D eigenvalue weighted by Crippen LogP contribution is -2.63. The standard InChI is InChI=1S/C15H21N5O/c1-19-6-7-20(10-15(19)3-8-21-9-4-15)14-12-2-5-16-13(12)17-11-18-14/h2,5,11H,3-4,6-10H2,1H3,(H,16,17,18). The average molecular weight is 287 g/mol. The zero-order valence-corrected chi connectivity index (χ0v) is 12.4. The summed E-state index contributed by atoms with van der Waals surface area (Å²) in [6.07, 6.45) is 5.79. The maximum atomic E-state index is 5.57. The number of rotatable bonds is 1. The van der Waals surface area contributed by atoms with Gasteiger partial charge in [-0.25, -0.2) is 9.97 Å². The molecule has 2 saturated heterocycles. The Labute approximate surface area is 124 Å². The van der Waals surface area contributed by atoms with Gasteiger partial charge in [-0.3, -0.25) is 4.90 Å². The van der Waals surface area contributed by atoms with Gasteiger partial charge in [0.2, 0.25) is 0 Å². The Balaban J connectivity index is 1.68. The average Bonchev–Trinajstić information content (AvgIpc) is 3.00. The predicted molar refractivity (Wildman–Crippen MR) is 81.5 cm³/mol. The Morgan fingerprint density at radius 1 is 1.24 bits per heavy atom. The number of hydrogen-bond donors (Lipinski definition) is 1. The Kier molecular flexibility index (Phi) is 3.08. The minimum Gasteiger partial charge on any atom is -0.381 e. The third kappa shape index (κ3) is 2.10. The van der Waals surface area contributed by atoms with E-state index in [4.69, 9.17) is 4.74 Å². The van der Waals surface area contributed by atoms with Crippen molar-refractivity contribution in [3.8, 4) is 0 Å². The van der Waals surface area contributed by atoms with Crippen molar-refractivity contribution in [1.29, 1.82) is 0 Å². The molecular formula is C15H21N5O. The number of aromatic nitrogens is 3. The fourth-order valence-corrected chi connectivity index (χ4v) is 3.65. The predicted octanol–water partition coefficient (Wildman–Crippen LogP) is 1.26. The first-order valence-electron chi connectivity index (χ1n) is 7.61. The van der Waals surface area contributed by atoms with Gasteiger partial charge >= 0.3 is 0 Å². The zero-order chi connectivity index (χ0) is 14.3. The van der Waals surface area contributed by atoms with Gasteiger partial charge in [0.25, 0.3) is 0 Å². The Morgan fingerprint density at radius 3 is 2.95 bits per heavy atom. The summed E-state index contributed by atoms with van der Waals surface area (Å²) in [5, 5.41) is 1.12. The molecule has 0 atom stereocenters. The highest BCUT2D eigenvalue weighted by molar-refractivity contribution is 5.87. The van der Waals surface area contributed by atoms with Crippen molar-refractivity contribution in [3.05, 3.63) is 18.6 Å². The monoisotopic (exact) mass is 287 g/mol. The fourth-order valence-electron chi connectivity index (χ4n) is 3.65. The maximum Gasteiger partial charge on any atom is 0.142 e. The zero-order valence-electron chi connectivity index (χ0n) is 12.4. The van der Waals surface area contributed by atoms with Crippen LogP contribution in [-0.4, -0.2) is 65.3 Å². The molecule has 4 heterocycles. The van der Waals surface area contributed by atoms with Crippen LogP contribution in [0.4, 0.5) is 5.82 Å². The molecule has 21 heavy (non-hydrogen) atoms. The lowest BCUT2D eigenvalue weighted by Gasteiger charge is -2.51. The summed E-state index contributed by atoms with van der Waals surface area (Å²) < 4.78 is 5.57. The summed E-state index contributed by atoms with van der Waals surface area (Å²) >= 11 is 0. The first kappa shape index (κ1) is 13.0. The number of likely N-dealkylation sites (N-methyl/N-ethyl adjacent to an activating group) is 1. The van der Waals surface area contributed by atoms with Gasteiger partial charge < -0.3 is 14.6 Å². The summed E-state index contributed by atoms with van der Waals surface area (Å²) in [5.41, 5.74) is 1.14. The van der Waals surface area contributed by atoms with Gasteiger partial charge in [0.15, 0.2) is 0 Å². The summed E-state index contributed by atoms with van der Waals surface area (Å²) in [5.74, 6) is 1.06. The number of nitrogens with zero attached hydrogens (tertiary/aromatic N) is 4. The minimum atomic E-state index is 0.226. The van der Waals surface area contributed by atoms with E-state index in [1.54, 1.807) is 6.33 Å². The molecule has 0 radical (unpaired) electrons. The Bertz CT molecular complexity index is 634. The van der Waals surface area contributed by atoms with Crippen LogP contribution in [0.1, 0.15) is 12.8 Å². The summed E-state index contributed by atoms with van der Waals surface area (Å²) in [6, 6.07) is 2.07. The van der Waals surface area contributed by atoms with Gasteiger partial charge in [-0.1, -0.05) is 0 Å². The number of nitrogens with one attached hydrogen (secondary N) is 1. The van der Waals surface area contributed by atoms with Crippen LogP contribution in [0.5, 0.6) is 0 Å². The maximum absolute atomic E-state index is 5.57. The number of H-pyrrole nitrogens is 1. The van der Waals surface area contributed by atoms with Crippen molar-refractivity contribution < 1.29 is 4.74 Å². The second-order valence-corrected chi connectivity index (χ2v) is 6.12. The van der Waals surface area contributed by atoms with Gasteiger partial charge in [0.1, 0.15) is 17.8 Å². The van der Waals surface area contributed by atoms with Crippen LogP contribution < -0.4 is 4.90 Å². The van der Waals surface area contributed by atoms with E-state index in [1.807, 2.05) is 6.20 Å². The van der Waals surface area contributed by atoms with Crippen LogP contribution in [0.25, 0.3) is 11.0 Å². The van der Waals surface area contributed by atoms with E-state index >= 15 is 0 Å². The van der Waals surface area contributed by atoms with Crippen LogP contribution in [0.2, 0.25) is 0 Å². The molecular weight excluding hydrogens is 266 g/mol. The van der Waals surface area contributed by atoms with Crippen molar-refractivity contribution in [3.63, 3.8) is 0 Å². The molecule has 1 N–H and O–H groups in total. The molecule has 0 bridgehead atoms. The van der Waals surface area contributed by atoms with E-state index in [2.05, 4.69) is 37.9 Å². The first-order chi connectivity index (χ1) is 10.3. The highest BCUT2D eigenvalue weighted by Gasteiger charge is 2.41. The molecule has 6 nitrogen and oxygen atoms in total. The highest BCUT2D eigenvalue weighted by atomic mass is 16.5. The van der Waals surface area contributed by atoms with Gasteiger partial charge in [-0.15, -0.1) is 0 Å². The molecule has 2 aromatic rings. The Morgan fingerprint density at radius 2 is 2.10 bits per heavy atom. The third-order valence-corrected chi connectivity index (χ3v) is 5.06. The third-order valence-electron chi connectivity index (χ3n) is 5.06. The second-order valence-electron chi connectivity index (χ2n) is 6.12. The van der Waals surface area contributed by atoms with Crippen LogP contribution >= 0.6 is 0 Å². The Hall–Kier alpha value is -1.66. The smallest absolute Gasteiger partial charge is 0.142 e. The summed E-state index contributed by atoms with van der Waals surface area (Å²) in [7, 11) is 2.24. The lowest BCUT2D eigenvalue weighted by molar-refractivity contribution is -0.0221. The number of piperazine rings is 1. The van der Waals surface area contributed by atoms with E-state index in [1.165, 1.54) is 0 Å². The number of aromatic amines is 1. The van der Waals surface area contributed by atoms with Crippen molar-refractivity contribution in [2.45, 2.75) is 18.4 Å². The highest BCUT2D eigenvalue weighted by Crippen LogP contribution is 2.33. The number of fused-ring (bicyclic) bond motifs is 1. The van der Waals surface area contributed by atoms with E-state index in [-0.39, 0.29) is 5.54 Å². The van der Waals surface area contributed by atoms with Gasteiger partial charge in [0, 0.05) is 44.6 Å². The number of anilines is 1. The molecule has 0 unspecified atom stereocenters. The van der Waals surface area contributed by atoms with Crippen LogP contribution in [0.3, 0.4) is 0 Å². The van der Waals surface area contributed by atoms with Crippen molar-refractivity contribution in [2.75, 3.05) is 44.8 Å². The van der Waals surface area contributed by atoms with E-state index in [9.17, 15) is 0 Å². The molecule has 2 fully saturated rings. The SMILES string of the molecule is CN1CCN(c2ncnc3[nH]ccc23)CC12CCOCC2. The number of hydrogen-bond acceptors (Lipinski definition) is 5. The van der Waals surface area contributed by atoms with Crippen LogP contribution in [-0.2, 0) is 4.74 Å². The van der Waals surface area contributed by atoms with Gasteiger partial charge in [-0.2, -0.15) is 0 Å². The molecule has 0 aromatic carbocycles. The topological polar surface area (TPSA) is 57.3 Å². The van der Waals surface area contributed by atoms with Gasteiger partial charge in [0.05, 0.1) is 5.39 Å². The van der Waals surface area contributed by atoms with Crippen molar-refractivity contribution >= 4 is 16.9 Å². The van der Waals surface area contributed by atoms with Crippen LogP contribution in [0.15, 0.2) is 18.6 Å². The van der Waals surface area contributed by atoms with E-state index in [0.29, 0.717) is 0 Å². The largest absolute Gasteiger partial charge is 0.381 e. The van der Waals surface area contributed by atoms with Gasteiger partial charge in [-0.05, 0) is 26.0 Å². The molecule has 0 amide bonds. The molecule has 2 aliphatic rings. The quantitative estimate of drug-likeness (QED) is 0.855. The molecule has 112 valence electrons. The molecule has 2 aromatic heterocycles. The second kappa shape index (κ2) is 4.96. The van der Waals surface area contributed by atoms with Crippen LogP contribution in [0, 0.1) is 0 Å². The summed E-state index contributed by atoms with van der Waals surface area (Å²) in [6.45, 7) is 4.82. The minimum absolute atomic E-state index is 0.226. The number of ether oxygens (including phenoxy) is 1. The van der Waals surface area contributed by atoms with E-state index in [0.717, 1.165) is 62.5 Å². The molecule has 6 heteroatoms. The fraction of sp³-hybridized carbons (Fsp3) is 0.600. The summed E-state index contributed by atoms with van der Waals surface area (Å²) in [4.78, 5) is 16.9. The molecule has 4 rings (SSSR count). The molecule has 1 spiro atoms. The van der Waals surface area contributed by atoms with E-state index < -0.39 is 0 Å². The first-order valence-corrected chi connectivity index (χ1v) is 7.61. The molecule has 2 aliphatic heterocycles. The van der Waals surface area contributed by atoms with Crippen molar-refractivity contribution in [1.82, 2.24) is 19.9 Å². The van der Waals surface area contributed by atoms with Crippen molar-refractivity contribution in [2.24, 2.45) is 0 Å². The lowest BCUT2D eigenvalue weighted by atomic mass is 9.86. The molecule has 0 saturated carbocycles. The normalized spacial score (nSPS) is 23.0. The molecule has 0 aliphatic carbocycles.